The van der Waals surface area contributed by atoms with E-state index in [-0.39, 0.29) is 11.5 Å². The van der Waals surface area contributed by atoms with E-state index in [9.17, 15) is 9.59 Å². The second-order valence-electron chi connectivity index (χ2n) is 8.27. The molecule has 0 bridgehead atoms. The Morgan fingerprint density at radius 3 is 2.97 bits per heavy atom. The highest BCUT2D eigenvalue weighted by Gasteiger charge is 2.23. The highest BCUT2D eigenvalue weighted by Crippen LogP contribution is 2.25. The van der Waals surface area contributed by atoms with Crippen molar-refractivity contribution in [2.45, 2.75) is 51.7 Å². The number of aryl methyl sites for hydroxylation is 1. The van der Waals surface area contributed by atoms with Crippen LogP contribution in [-0.4, -0.2) is 48.8 Å². The Hall–Kier alpha value is -1.87. The molecule has 0 N–H and O–H groups in total. The second-order valence-corrected chi connectivity index (χ2v) is 10.1. The standard InChI is InChI=1S/C20H27N5O2S2/c1-13(2)6-9-24-18(27)17-15(7-10-28-17)25-19(24)21-22-20(25)29-12-16(26)23-8-4-5-14(3)11-23/h7,10,13-14H,4-6,8-9,11-12H2,1-3H3/t14-/m0/s1. The average Bonchev–Trinajstić information content (AvgIpc) is 3.32. The summed E-state index contributed by atoms with van der Waals surface area (Å²) in [5.74, 6) is 2.09. The van der Waals surface area contributed by atoms with Crippen molar-refractivity contribution in [3.63, 3.8) is 0 Å². The summed E-state index contributed by atoms with van der Waals surface area (Å²) in [4.78, 5) is 27.6. The van der Waals surface area contributed by atoms with Crippen LogP contribution < -0.4 is 5.56 Å². The fraction of sp³-hybridized carbons (Fsp3) is 0.600. The highest BCUT2D eigenvalue weighted by atomic mass is 32.2. The Morgan fingerprint density at radius 2 is 2.21 bits per heavy atom. The molecule has 29 heavy (non-hydrogen) atoms. The normalized spacial score (nSPS) is 17.7. The minimum absolute atomic E-state index is 0.00881. The van der Waals surface area contributed by atoms with Gasteiger partial charge in [0.1, 0.15) is 4.70 Å². The lowest BCUT2D eigenvalue weighted by molar-refractivity contribution is -0.130. The summed E-state index contributed by atoms with van der Waals surface area (Å²) in [6.07, 6.45) is 3.16. The number of nitrogens with zero attached hydrogens (tertiary/aromatic N) is 5. The molecule has 9 heteroatoms. The van der Waals surface area contributed by atoms with Crippen LogP contribution in [0.4, 0.5) is 0 Å². The van der Waals surface area contributed by atoms with Crippen LogP contribution in [0.1, 0.15) is 40.0 Å². The van der Waals surface area contributed by atoms with E-state index in [2.05, 4.69) is 31.0 Å². The molecule has 0 saturated carbocycles. The van der Waals surface area contributed by atoms with Crippen molar-refractivity contribution in [2.24, 2.45) is 11.8 Å². The van der Waals surface area contributed by atoms with Gasteiger partial charge in [0.15, 0.2) is 5.16 Å². The topological polar surface area (TPSA) is 72.5 Å². The van der Waals surface area contributed by atoms with Gasteiger partial charge in [-0.25, -0.2) is 0 Å². The van der Waals surface area contributed by atoms with Gasteiger partial charge in [0, 0.05) is 19.6 Å². The first kappa shape index (κ1) is 20.4. The van der Waals surface area contributed by atoms with Gasteiger partial charge in [-0.3, -0.25) is 18.6 Å². The Labute approximate surface area is 178 Å². The second kappa shape index (κ2) is 8.47. The van der Waals surface area contributed by atoms with Crippen LogP contribution in [0, 0.1) is 11.8 Å². The lowest BCUT2D eigenvalue weighted by atomic mass is 10.0. The molecular formula is C20H27N5O2S2. The molecule has 1 fully saturated rings. The third-order valence-corrected chi connectivity index (χ3v) is 7.25. The molecule has 4 heterocycles. The Bertz CT molecular complexity index is 1080. The molecule has 3 aromatic heterocycles. The zero-order valence-electron chi connectivity index (χ0n) is 17.1. The molecule has 1 aliphatic rings. The molecule has 3 aromatic rings. The molecule has 1 aliphatic heterocycles. The predicted octanol–water partition coefficient (Wildman–Crippen LogP) is 3.50. The number of carbonyl (C=O) groups excluding carboxylic acids is 1. The van der Waals surface area contributed by atoms with E-state index >= 15 is 0 Å². The number of amides is 1. The van der Waals surface area contributed by atoms with Gasteiger partial charge in [-0.1, -0.05) is 32.5 Å². The van der Waals surface area contributed by atoms with Crippen molar-refractivity contribution in [2.75, 3.05) is 18.8 Å². The number of thiophene rings is 1. The summed E-state index contributed by atoms with van der Waals surface area (Å²) in [6, 6.07) is 1.93. The number of hydrogen-bond acceptors (Lipinski definition) is 6. The molecule has 1 atom stereocenters. The Balaban J connectivity index is 1.64. The van der Waals surface area contributed by atoms with Crippen molar-refractivity contribution in [1.29, 1.82) is 0 Å². The van der Waals surface area contributed by atoms with Gasteiger partial charge in [-0.2, -0.15) is 0 Å². The van der Waals surface area contributed by atoms with Crippen molar-refractivity contribution in [1.82, 2.24) is 24.1 Å². The maximum atomic E-state index is 13.0. The molecule has 0 unspecified atom stereocenters. The van der Waals surface area contributed by atoms with E-state index in [1.165, 1.54) is 29.5 Å². The minimum atomic E-state index is -0.00881. The monoisotopic (exact) mass is 433 g/mol. The molecule has 7 nitrogen and oxygen atoms in total. The zero-order valence-corrected chi connectivity index (χ0v) is 18.8. The molecular weight excluding hydrogens is 406 g/mol. The van der Waals surface area contributed by atoms with Crippen LogP contribution in [0.25, 0.3) is 16.0 Å². The van der Waals surface area contributed by atoms with Crippen LogP contribution in [-0.2, 0) is 11.3 Å². The van der Waals surface area contributed by atoms with Crippen molar-refractivity contribution < 1.29 is 4.79 Å². The van der Waals surface area contributed by atoms with E-state index in [1.54, 1.807) is 4.57 Å². The van der Waals surface area contributed by atoms with Crippen LogP contribution in [0.15, 0.2) is 21.4 Å². The summed E-state index contributed by atoms with van der Waals surface area (Å²) >= 11 is 2.85. The van der Waals surface area contributed by atoms with E-state index < -0.39 is 0 Å². The van der Waals surface area contributed by atoms with Gasteiger partial charge in [0.25, 0.3) is 5.56 Å². The highest BCUT2D eigenvalue weighted by molar-refractivity contribution is 7.99. The van der Waals surface area contributed by atoms with Crippen molar-refractivity contribution in [3.8, 4) is 0 Å². The first-order valence-electron chi connectivity index (χ1n) is 10.2. The lowest BCUT2D eigenvalue weighted by Gasteiger charge is -2.30. The molecule has 0 radical (unpaired) electrons. The fourth-order valence-corrected chi connectivity index (χ4v) is 5.48. The van der Waals surface area contributed by atoms with Crippen LogP contribution in [0.3, 0.4) is 0 Å². The summed E-state index contributed by atoms with van der Waals surface area (Å²) < 4.78 is 4.37. The fourth-order valence-electron chi connectivity index (χ4n) is 3.82. The zero-order chi connectivity index (χ0) is 20.5. The minimum Gasteiger partial charge on any atom is -0.342 e. The van der Waals surface area contributed by atoms with Gasteiger partial charge in [-0.05, 0) is 42.5 Å². The largest absolute Gasteiger partial charge is 0.342 e. The number of rotatable bonds is 6. The molecule has 1 saturated heterocycles. The van der Waals surface area contributed by atoms with E-state index in [0.29, 0.717) is 39.8 Å². The molecule has 0 spiro atoms. The first-order chi connectivity index (χ1) is 14.0. The lowest BCUT2D eigenvalue weighted by Crippen LogP contribution is -2.40. The third kappa shape index (κ3) is 4.07. The number of fused-ring (bicyclic) bond motifs is 3. The van der Waals surface area contributed by atoms with Gasteiger partial charge in [-0.15, -0.1) is 21.5 Å². The van der Waals surface area contributed by atoms with Crippen LogP contribution in [0.5, 0.6) is 0 Å². The maximum absolute atomic E-state index is 13.0. The average molecular weight is 434 g/mol. The number of piperidine rings is 1. The molecule has 0 aromatic carbocycles. The maximum Gasteiger partial charge on any atom is 0.272 e. The summed E-state index contributed by atoms with van der Waals surface area (Å²) in [6.45, 7) is 8.77. The number of likely N-dealkylation sites (tertiary alicyclic amines) is 1. The van der Waals surface area contributed by atoms with E-state index in [0.717, 1.165) is 31.4 Å². The third-order valence-electron chi connectivity index (χ3n) is 5.45. The molecule has 1 amide bonds. The quantitative estimate of drug-likeness (QED) is 0.556. The number of aromatic nitrogens is 4. The SMILES string of the molecule is CC(C)CCn1c(=O)c2sccc2n2c(SCC(=O)N3CCC[C@H](C)C3)nnc12. The van der Waals surface area contributed by atoms with Gasteiger partial charge in [0.05, 0.1) is 11.3 Å². The molecule has 4 rings (SSSR count). The van der Waals surface area contributed by atoms with E-state index in [4.69, 9.17) is 0 Å². The molecule has 156 valence electrons. The van der Waals surface area contributed by atoms with Crippen LogP contribution >= 0.6 is 23.1 Å². The number of thioether (sulfide) groups is 1. The van der Waals surface area contributed by atoms with Gasteiger partial charge < -0.3 is 4.90 Å². The van der Waals surface area contributed by atoms with Gasteiger partial charge >= 0.3 is 0 Å². The number of hydrogen-bond donors (Lipinski definition) is 0. The Morgan fingerprint density at radius 1 is 1.38 bits per heavy atom. The van der Waals surface area contributed by atoms with Crippen LogP contribution in [0.2, 0.25) is 0 Å². The molecule has 0 aliphatic carbocycles. The predicted molar refractivity (Wildman–Crippen MR) is 118 cm³/mol. The number of carbonyl (C=O) groups is 1. The van der Waals surface area contributed by atoms with Gasteiger partial charge in [0.2, 0.25) is 11.7 Å². The van der Waals surface area contributed by atoms with Crippen molar-refractivity contribution >= 4 is 45.0 Å². The smallest absolute Gasteiger partial charge is 0.272 e. The Kier molecular flexibility index (Phi) is 5.96. The summed E-state index contributed by atoms with van der Waals surface area (Å²) in [7, 11) is 0. The summed E-state index contributed by atoms with van der Waals surface area (Å²) in [5.41, 5.74) is 0.813. The summed E-state index contributed by atoms with van der Waals surface area (Å²) in [5, 5.41) is 11.3. The first-order valence-corrected chi connectivity index (χ1v) is 12.1. The van der Waals surface area contributed by atoms with Crippen molar-refractivity contribution in [3.05, 3.63) is 21.8 Å². The van der Waals surface area contributed by atoms with E-state index in [1.807, 2.05) is 20.7 Å².